The molecule has 1 fully saturated rings. The number of rotatable bonds is 8. The number of para-hydroxylation sites is 1. The van der Waals surface area contributed by atoms with Gasteiger partial charge in [0, 0.05) is 20.1 Å². The minimum atomic E-state index is -4.04. The van der Waals surface area contributed by atoms with E-state index in [2.05, 4.69) is 15.4 Å². The van der Waals surface area contributed by atoms with Crippen LogP contribution in [0.4, 0.5) is 11.4 Å². The van der Waals surface area contributed by atoms with Crippen LogP contribution in [0.2, 0.25) is 0 Å². The lowest BCUT2D eigenvalue weighted by Gasteiger charge is -2.15. The Morgan fingerprint density at radius 2 is 1.94 bits per heavy atom. The number of amides is 2. The highest BCUT2D eigenvalue weighted by Crippen LogP contribution is 2.29. The zero-order valence-corrected chi connectivity index (χ0v) is 18.1. The number of anilines is 2. The van der Waals surface area contributed by atoms with Crippen LogP contribution in [-0.2, 0) is 19.6 Å². The highest BCUT2D eigenvalue weighted by molar-refractivity contribution is 7.92. The summed E-state index contributed by atoms with van der Waals surface area (Å²) in [5.74, 6) is -0.445. The predicted octanol–water partition coefficient (Wildman–Crippen LogP) is 2.36. The lowest BCUT2D eigenvalue weighted by Crippen LogP contribution is -2.32. The van der Waals surface area contributed by atoms with Crippen LogP contribution in [0.15, 0.2) is 47.4 Å². The van der Waals surface area contributed by atoms with Crippen LogP contribution in [0.25, 0.3) is 0 Å². The summed E-state index contributed by atoms with van der Waals surface area (Å²) < 4.78 is 39.0. The number of nitrogens with one attached hydrogen (secondary N) is 3. The van der Waals surface area contributed by atoms with E-state index in [9.17, 15) is 18.0 Å². The number of carbonyl (C=O) groups excluding carboxylic acids is 2. The molecule has 1 aliphatic heterocycles. The summed E-state index contributed by atoms with van der Waals surface area (Å²) in [7, 11) is -2.63. The molecule has 31 heavy (non-hydrogen) atoms. The van der Waals surface area contributed by atoms with Crippen molar-refractivity contribution in [2.24, 2.45) is 0 Å². The van der Waals surface area contributed by atoms with Gasteiger partial charge in [-0.1, -0.05) is 12.1 Å². The number of methoxy groups -OCH3 is 1. The van der Waals surface area contributed by atoms with Gasteiger partial charge in [0.05, 0.1) is 35.0 Å². The number of ether oxygens (including phenoxy) is 2. The molecule has 2 amide bonds. The molecule has 10 heteroatoms. The highest BCUT2D eigenvalue weighted by Gasteiger charge is 2.22. The van der Waals surface area contributed by atoms with Gasteiger partial charge < -0.3 is 20.1 Å². The Morgan fingerprint density at radius 3 is 2.61 bits per heavy atom. The first kappa shape index (κ1) is 22.6. The van der Waals surface area contributed by atoms with Gasteiger partial charge in [0.25, 0.3) is 15.9 Å². The number of carbonyl (C=O) groups is 2. The number of hydrogen-bond acceptors (Lipinski definition) is 6. The fourth-order valence-corrected chi connectivity index (χ4v) is 4.33. The van der Waals surface area contributed by atoms with Crippen LogP contribution in [0.5, 0.6) is 5.75 Å². The maximum Gasteiger partial charge on any atom is 0.261 e. The van der Waals surface area contributed by atoms with Gasteiger partial charge in [0.1, 0.15) is 5.75 Å². The molecule has 0 aliphatic carbocycles. The molecule has 2 aromatic carbocycles. The van der Waals surface area contributed by atoms with E-state index in [1.54, 1.807) is 18.2 Å². The molecule has 0 bridgehead atoms. The first-order valence-corrected chi connectivity index (χ1v) is 11.3. The third-order valence-corrected chi connectivity index (χ3v) is 6.09. The van der Waals surface area contributed by atoms with Crippen molar-refractivity contribution >= 4 is 33.2 Å². The van der Waals surface area contributed by atoms with E-state index in [4.69, 9.17) is 9.47 Å². The smallest absolute Gasteiger partial charge is 0.261 e. The van der Waals surface area contributed by atoms with Crippen LogP contribution in [0, 0.1) is 0 Å². The summed E-state index contributed by atoms with van der Waals surface area (Å²) in [6.45, 7) is 2.35. The van der Waals surface area contributed by atoms with Crippen molar-refractivity contribution in [1.82, 2.24) is 5.32 Å². The first-order chi connectivity index (χ1) is 14.8. The standard InChI is InChI=1S/C21H25N3O6S/c1-14(25)23-19-12-16(9-10-20(19)29-2)31(27,28)24-18-8-4-3-7-17(18)21(26)22-13-15-6-5-11-30-15/h3-4,7-10,12,15,24H,5-6,11,13H2,1-2H3,(H,22,26)(H,23,25). The van der Waals surface area contributed by atoms with Crippen molar-refractivity contribution in [2.45, 2.75) is 30.8 Å². The fourth-order valence-electron chi connectivity index (χ4n) is 3.22. The monoisotopic (exact) mass is 447 g/mol. The predicted molar refractivity (Wildman–Crippen MR) is 116 cm³/mol. The Labute approximate surface area is 181 Å². The summed E-state index contributed by atoms with van der Waals surface area (Å²) in [6, 6.07) is 10.4. The minimum Gasteiger partial charge on any atom is -0.495 e. The lowest BCUT2D eigenvalue weighted by atomic mass is 10.1. The van der Waals surface area contributed by atoms with Gasteiger partial charge in [-0.05, 0) is 43.2 Å². The Bertz CT molecular complexity index is 1060. The molecule has 9 nitrogen and oxygen atoms in total. The van der Waals surface area contributed by atoms with Gasteiger partial charge in [-0.3, -0.25) is 14.3 Å². The molecule has 1 heterocycles. The lowest BCUT2D eigenvalue weighted by molar-refractivity contribution is -0.114. The van der Waals surface area contributed by atoms with Gasteiger partial charge in [-0.15, -0.1) is 0 Å². The van der Waals surface area contributed by atoms with E-state index in [0.717, 1.165) is 12.8 Å². The van der Waals surface area contributed by atoms with Crippen molar-refractivity contribution < 1.29 is 27.5 Å². The van der Waals surface area contributed by atoms with Crippen molar-refractivity contribution in [1.29, 1.82) is 0 Å². The largest absolute Gasteiger partial charge is 0.495 e. The average molecular weight is 448 g/mol. The zero-order chi connectivity index (χ0) is 22.4. The molecule has 1 atom stereocenters. The molecule has 166 valence electrons. The molecule has 0 spiro atoms. The Balaban J connectivity index is 1.81. The van der Waals surface area contributed by atoms with E-state index >= 15 is 0 Å². The normalized spacial score (nSPS) is 15.9. The third kappa shape index (κ3) is 5.74. The average Bonchev–Trinajstić information content (AvgIpc) is 3.25. The van der Waals surface area contributed by atoms with Crippen LogP contribution >= 0.6 is 0 Å². The molecule has 1 unspecified atom stereocenters. The molecule has 2 aromatic rings. The Hall–Kier alpha value is -3.11. The molecule has 0 aromatic heterocycles. The summed E-state index contributed by atoms with van der Waals surface area (Å²) in [6.07, 6.45) is 1.81. The van der Waals surface area contributed by atoms with Gasteiger partial charge in [-0.25, -0.2) is 8.42 Å². The molecular weight excluding hydrogens is 422 g/mol. The first-order valence-electron chi connectivity index (χ1n) is 9.77. The second kappa shape index (κ2) is 9.80. The fraction of sp³-hybridized carbons (Fsp3) is 0.333. The Kier molecular flexibility index (Phi) is 7.13. The van der Waals surface area contributed by atoms with Gasteiger partial charge in [-0.2, -0.15) is 0 Å². The molecule has 1 aliphatic rings. The van der Waals surface area contributed by atoms with Crippen LogP contribution < -0.4 is 20.1 Å². The number of benzene rings is 2. The van der Waals surface area contributed by atoms with E-state index in [1.165, 1.54) is 38.3 Å². The van der Waals surface area contributed by atoms with Crippen molar-refractivity contribution in [3.63, 3.8) is 0 Å². The van der Waals surface area contributed by atoms with E-state index in [0.29, 0.717) is 18.9 Å². The summed E-state index contributed by atoms with van der Waals surface area (Å²) in [5.41, 5.74) is 0.560. The van der Waals surface area contributed by atoms with Gasteiger partial charge in [0.2, 0.25) is 5.91 Å². The number of hydrogen-bond donors (Lipinski definition) is 3. The summed E-state index contributed by atoms with van der Waals surface area (Å²) in [5, 5.41) is 5.33. The van der Waals surface area contributed by atoms with Gasteiger partial charge in [0.15, 0.2) is 0 Å². The molecule has 3 N–H and O–H groups in total. The molecular formula is C21H25N3O6S. The minimum absolute atomic E-state index is 0.0284. The second-order valence-corrected chi connectivity index (χ2v) is 8.72. The Morgan fingerprint density at radius 1 is 1.16 bits per heavy atom. The van der Waals surface area contributed by atoms with Crippen molar-refractivity contribution in [2.75, 3.05) is 30.3 Å². The maximum absolute atomic E-state index is 13.0. The van der Waals surface area contributed by atoms with E-state index in [-0.39, 0.29) is 33.8 Å². The molecule has 1 saturated heterocycles. The van der Waals surface area contributed by atoms with Crippen molar-refractivity contribution in [3.8, 4) is 5.75 Å². The zero-order valence-electron chi connectivity index (χ0n) is 17.3. The topological polar surface area (TPSA) is 123 Å². The van der Waals surface area contributed by atoms with Gasteiger partial charge >= 0.3 is 0 Å². The summed E-state index contributed by atoms with van der Waals surface area (Å²) in [4.78, 5) is 24.0. The van der Waals surface area contributed by atoms with Crippen LogP contribution in [0.1, 0.15) is 30.1 Å². The molecule has 0 saturated carbocycles. The van der Waals surface area contributed by atoms with E-state index in [1.807, 2.05) is 0 Å². The van der Waals surface area contributed by atoms with E-state index < -0.39 is 15.9 Å². The highest BCUT2D eigenvalue weighted by atomic mass is 32.2. The number of sulfonamides is 1. The van der Waals surface area contributed by atoms with Crippen LogP contribution in [0.3, 0.4) is 0 Å². The third-order valence-electron chi connectivity index (χ3n) is 4.72. The second-order valence-electron chi connectivity index (χ2n) is 7.04. The SMILES string of the molecule is COc1ccc(S(=O)(=O)Nc2ccccc2C(=O)NCC2CCCO2)cc1NC(C)=O. The molecule has 0 radical (unpaired) electrons. The quantitative estimate of drug-likeness (QED) is 0.571. The van der Waals surface area contributed by atoms with Crippen LogP contribution in [-0.4, -0.2) is 46.6 Å². The maximum atomic E-state index is 13.0. The molecule has 3 rings (SSSR count). The van der Waals surface area contributed by atoms with Crippen molar-refractivity contribution in [3.05, 3.63) is 48.0 Å². The summed E-state index contributed by atoms with van der Waals surface area (Å²) >= 11 is 0.